The Hall–Kier alpha value is -3.22. The molecule has 3 rings (SSSR count). The maximum Gasteiger partial charge on any atom is 0.244 e. The van der Waals surface area contributed by atoms with Gasteiger partial charge in [-0.05, 0) is 42.0 Å². The van der Waals surface area contributed by atoms with E-state index in [9.17, 15) is 4.79 Å². The first-order valence-corrected chi connectivity index (χ1v) is 8.43. The molecule has 3 aromatic rings. The topological polar surface area (TPSA) is 75.9 Å². The molecule has 2 aromatic carbocycles. The van der Waals surface area contributed by atoms with Gasteiger partial charge in [0.1, 0.15) is 6.54 Å². The van der Waals surface area contributed by atoms with E-state index in [1.54, 1.807) is 0 Å². The second-order valence-electron chi connectivity index (χ2n) is 6.28. The fraction of sp³-hybridized carbons (Fsp3) is 0.263. The van der Waals surface area contributed by atoms with E-state index in [2.05, 4.69) is 20.7 Å². The van der Waals surface area contributed by atoms with Crippen molar-refractivity contribution in [2.24, 2.45) is 0 Å². The first kappa shape index (κ1) is 17.6. The number of carbonyl (C=O) groups is 1. The summed E-state index contributed by atoms with van der Waals surface area (Å²) in [4.78, 5) is 15.5. The minimum absolute atomic E-state index is 0.0277. The zero-order chi connectivity index (χ0) is 18.5. The zero-order valence-electron chi connectivity index (χ0n) is 15.1. The summed E-state index contributed by atoms with van der Waals surface area (Å²) >= 11 is 0. The normalized spacial score (nSPS) is 11.8. The van der Waals surface area contributed by atoms with Crippen LogP contribution in [0, 0.1) is 0 Å². The second kappa shape index (κ2) is 7.77. The first-order chi connectivity index (χ1) is 12.5. The van der Waals surface area contributed by atoms with Crippen LogP contribution in [0.1, 0.15) is 18.5 Å². The molecule has 0 aliphatic rings. The van der Waals surface area contributed by atoms with Crippen LogP contribution in [0.15, 0.2) is 54.6 Å². The van der Waals surface area contributed by atoms with Crippen LogP contribution >= 0.6 is 0 Å². The van der Waals surface area contributed by atoms with Crippen molar-refractivity contribution in [1.29, 1.82) is 0 Å². The number of hydrogen-bond acceptors (Lipinski definition) is 5. The van der Waals surface area contributed by atoms with Gasteiger partial charge in [0.25, 0.3) is 0 Å². The zero-order valence-corrected chi connectivity index (χ0v) is 15.1. The molecule has 0 aliphatic carbocycles. The van der Waals surface area contributed by atoms with Gasteiger partial charge in [0.05, 0.1) is 6.04 Å². The molecule has 1 unspecified atom stereocenters. The molecule has 0 saturated heterocycles. The Morgan fingerprint density at radius 1 is 1.12 bits per heavy atom. The predicted octanol–water partition coefficient (Wildman–Crippen LogP) is 2.28. The lowest BCUT2D eigenvalue weighted by Gasteiger charge is -2.13. The van der Waals surface area contributed by atoms with Crippen molar-refractivity contribution in [1.82, 2.24) is 25.5 Å². The molecule has 1 heterocycles. The number of carbonyl (C=O) groups excluding carboxylic acids is 1. The summed E-state index contributed by atoms with van der Waals surface area (Å²) in [5.74, 6) is 0.340. The molecule has 0 spiro atoms. The fourth-order valence-electron chi connectivity index (χ4n) is 2.58. The quantitative estimate of drug-likeness (QED) is 0.738. The molecule has 0 radical (unpaired) electrons. The standard InChI is InChI=1S/C19H22N6O/c1-14(15-7-5-4-6-8-15)20-18(26)13-25-22-19(21-23-25)16-9-11-17(12-10-16)24(2)3/h4-12,14H,13H2,1-3H3,(H,20,26). The van der Waals surface area contributed by atoms with Crippen LogP contribution in [0.2, 0.25) is 0 Å². The van der Waals surface area contributed by atoms with E-state index in [0.717, 1.165) is 16.8 Å². The van der Waals surface area contributed by atoms with E-state index in [1.807, 2.05) is 80.5 Å². The molecule has 7 nitrogen and oxygen atoms in total. The number of tetrazole rings is 1. The minimum Gasteiger partial charge on any atom is -0.378 e. The van der Waals surface area contributed by atoms with E-state index in [4.69, 9.17) is 0 Å². The second-order valence-corrected chi connectivity index (χ2v) is 6.28. The molecule has 26 heavy (non-hydrogen) atoms. The van der Waals surface area contributed by atoms with Gasteiger partial charge >= 0.3 is 0 Å². The van der Waals surface area contributed by atoms with Crippen LogP contribution < -0.4 is 10.2 Å². The summed E-state index contributed by atoms with van der Waals surface area (Å²) in [7, 11) is 3.97. The Bertz CT molecular complexity index is 857. The highest BCUT2D eigenvalue weighted by molar-refractivity contribution is 5.76. The lowest BCUT2D eigenvalue weighted by atomic mass is 10.1. The van der Waals surface area contributed by atoms with E-state index in [0.29, 0.717) is 5.82 Å². The highest BCUT2D eigenvalue weighted by Crippen LogP contribution is 2.18. The average Bonchev–Trinajstić information content (AvgIpc) is 3.10. The van der Waals surface area contributed by atoms with Gasteiger partial charge in [0, 0.05) is 25.3 Å². The van der Waals surface area contributed by atoms with E-state index < -0.39 is 0 Å². The molecule has 1 atom stereocenters. The third-order valence-corrected chi connectivity index (χ3v) is 4.06. The summed E-state index contributed by atoms with van der Waals surface area (Å²) in [6.07, 6.45) is 0. The monoisotopic (exact) mass is 350 g/mol. The minimum atomic E-state index is -0.159. The number of aromatic nitrogens is 4. The van der Waals surface area contributed by atoms with Gasteiger partial charge in [-0.3, -0.25) is 4.79 Å². The first-order valence-electron chi connectivity index (χ1n) is 8.43. The SMILES string of the molecule is CC(NC(=O)Cn1nnc(-c2ccc(N(C)C)cc2)n1)c1ccccc1. The number of hydrogen-bond donors (Lipinski definition) is 1. The van der Waals surface area contributed by atoms with E-state index in [-0.39, 0.29) is 18.5 Å². The van der Waals surface area contributed by atoms with Crippen LogP contribution in [0.4, 0.5) is 5.69 Å². The van der Waals surface area contributed by atoms with Gasteiger partial charge in [-0.2, -0.15) is 4.80 Å². The van der Waals surface area contributed by atoms with E-state index >= 15 is 0 Å². The summed E-state index contributed by atoms with van der Waals surface area (Å²) in [5, 5.41) is 15.2. The number of amides is 1. The molecular formula is C19H22N6O. The van der Waals surface area contributed by atoms with Crippen molar-refractivity contribution in [3.05, 3.63) is 60.2 Å². The molecule has 0 saturated carbocycles. The highest BCUT2D eigenvalue weighted by Gasteiger charge is 2.12. The van der Waals surface area contributed by atoms with Crippen LogP contribution in [-0.4, -0.2) is 40.2 Å². The summed E-state index contributed by atoms with van der Waals surface area (Å²) < 4.78 is 0. The number of rotatable bonds is 6. The molecule has 1 aromatic heterocycles. The maximum atomic E-state index is 12.2. The Balaban J connectivity index is 1.62. The van der Waals surface area contributed by atoms with Crippen molar-refractivity contribution >= 4 is 11.6 Å². The van der Waals surface area contributed by atoms with Gasteiger partial charge in [0.2, 0.25) is 11.7 Å². The Kier molecular flexibility index (Phi) is 5.26. The number of nitrogens with one attached hydrogen (secondary N) is 1. The average molecular weight is 350 g/mol. The fourth-order valence-corrected chi connectivity index (χ4v) is 2.58. The number of anilines is 1. The predicted molar refractivity (Wildman–Crippen MR) is 101 cm³/mol. The molecular weight excluding hydrogens is 328 g/mol. The molecule has 0 fully saturated rings. The molecule has 0 aliphatic heterocycles. The van der Waals surface area contributed by atoms with Crippen molar-refractivity contribution in [3.8, 4) is 11.4 Å². The molecule has 134 valence electrons. The Labute approximate surface area is 152 Å². The van der Waals surface area contributed by atoms with Crippen LogP contribution in [0.5, 0.6) is 0 Å². The van der Waals surface area contributed by atoms with Crippen LogP contribution in [0.3, 0.4) is 0 Å². The number of benzene rings is 2. The Morgan fingerprint density at radius 3 is 2.46 bits per heavy atom. The van der Waals surface area contributed by atoms with Crippen molar-refractivity contribution in [3.63, 3.8) is 0 Å². The largest absolute Gasteiger partial charge is 0.378 e. The highest BCUT2D eigenvalue weighted by atomic mass is 16.2. The molecule has 7 heteroatoms. The summed E-state index contributed by atoms with van der Waals surface area (Å²) in [5.41, 5.74) is 3.00. The van der Waals surface area contributed by atoms with Crippen LogP contribution in [0.25, 0.3) is 11.4 Å². The summed E-state index contributed by atoms with van der Waals surface area (Å²) in [6.45, 7) is 1.97. The lowest BCUT2D eigenvalue weighted by molar-refractivity contribution is -0.122. The van der Waals surface area contributed by atoms with Gasteiger partial charge in [-0.25, -0.2) is 0 Å². The third-order valence-electron chi connectivity index (χ3n) is 4.06. The molecule has 0 bridgehead atoms. The molecule has 1 N–H and O–H groups in total. The van der Waals surface area contributed by atoms with Crippen molar-refractivity contribution in [2.75, 3.05) is 19.0 Å². The maximum absolute atomic E-state index is 12.2. The van der Waals surface area contributed by atoms with E-state index in [1.165, 1.54) is 4.80 Å². The van der Waals surface area contributed by atoms with Gasteiger partial charge in [-0.1, -0.05) is 30.3 Å². The molecule has 1 amide bonds. The smallest absolute Gasteiger partial charge is 0.244 e. The van der Waals surface area contributed by atoms with Crippen LogP contribution in [-0.2, 0) is 11.3 Å². The van der Waals surface area contributed by atoms with Crippen molar-refractivity contribution in [2.45, 2.75) is 19.5 Å². The van der Waals surface area contributed by atoms with Gasteiger partial charge < -0.3 is 10.2 Å². The number of nitrogens with zero attached hydrogens (tertiary/aromatic N) is 5. The Morgan fingerprint density at radius 2 is 1.81 bits per heavy atom. The van der Waals surface area contributed by atoms with Gasteiger partial charge in [0.15, 0.2) is 0 Å². The third kappa shape index (κ3) is 4.24. The summed E-state index contributed by atoms with van der Waals surface area (Å²) in [6, 6.07) is 17.6. The lowest BCUT2D eigenvalue weighted by Crippen LogP contribution is -2.30. The van der Waals surface area contributed by atoms with Gasteiger partial charge in [-0.15, -0.1) is 10.2 Å². The van der Waals surface area contributed by atoms with Crippen molar-refractivity contribution < 1.29 is 4.79 Å².